The van der Waals surface area contributed by atoms with Crippen LogP contribution in [0.2, 0.25) is 0 Å². The van der Waals surface area contributed by atoms with Crippen LogP contribution in [0.3, 0.4) is 0 Å². The Balaban J connectivity index is 1.51. The first-order valence-electron chi connectivity index (χ1n) is 8.05. The van der Waals surface area contributed by atoms with E-state index in [1.54, 1.807) is 0 Å². The van der Waals surface area contributed by atoms with Gasteiger partial charge in [0.1, 0.15) is 0 Å². The van der Waals surface area contributed by atoms with Crippen molar-refractivity contribution < 1.29 is 0 Å². The van der Waals surface area contributed by atoms with E-state index < -0.39 is 0 Å². The van der Waals surface area contributed by atoms with E-state index >= 15 is 0 Å². The van der Waals surface area contributed by atoms with E-state index in [0.29, 0.717) is 0 Å². The van der Waals surface area contributed by atoms with E-state index in [2.05, 4.69) is 31.0 Å². The second kappa shape index (κ2) is 9.76. The maximum absolute atomic E-state index is 3.99. The number of hydrogen-bond donors (Lipinski definition) is 0. The summed E-state index contributed by atoms with van der Waals surface area (Å²) < 4.78 is 0. The fraction of sp³-hybridized carbons (Fsp3) is 1.00. The normalized spacial score (nSPS) is 24.9. The molecule has 2 fully saturated rings. The quantitative estimate of drug-likeness (QED) is 0.347. The highest BCUT2D eigenvalue weighted by Crippen LogP contribution is 2.60. The molecule has 112 valence electrons. The average molecular weight is 430 g/mol. The van der Waals surface area contributed by atoms with Crippen LogP contribution in [0, 0.1) is 11.8 Å². The lowest BCUT2D eigenvalue weighted by Crippen LogP contribution is -1.98. The van der Waals surface area contributed by atoms with Crippen molar-refractivity contribution in [2.45, 2.75) is 64.2 Å². The van der Waals surface area contributed by atoms with Crippen LogP contribution in [0.15, 0.2) is 0 Å². The fourth-order valence-corrected chi connectivity index (χ4v) is 16.1. The highest BCUT2D eigenvalue weighted by Gasteiger charge is 2.19. The molecule has 0 bridgehead atoms. The van der Waals surface area contributed by atoms with Gasteiger partial charge in [0.25, 0.3) is 0 Å². The van der Waals surface area contributed by atoms with Gasteiger partial charge in [-0.3, -0.25) is 0 Å². The second-order valence-electron chi connectivity index (χ2n) is 6.39. The van der Waals surface area contributed by atoms with Gasteiger partial charge in [-0.25, -0.2) is 0 Å². The molecule has 0 saturated heterocycles. The molecule has 2 atom stereocenters. The third-order valence-corrected chi connectivity index (χ3v) is 14.9. The SMILES string of the molecule is BrP(CCC1CCCC1)CP(Br)CCC1CCCC1. The van der Waals surface area contributed by atoms with Gasteiger partial charge in [-0.15, -0.1) is 0 Å². The van der Waals surface area contributed by atoms with Crippen molar-refractivity contribution in [1.29, 1.82) is 0 Å². The molecule has 2 saturated carbocycles. The minimum absolute atomic E-state index is 0.135. The first-order valence-corrected chi connectivity index (χ1v) is 15.5. The smallest absolute Gasteiger partial charge is 0.00764 e. The third kappa shape index (κ3) is 7.08. The monoisotopic (exact) mass is 428 g/mol. The first-order chi connectivity index (χ1) is 9.24. The Morgan fingerprint density at radius 3 is 1.42 bits per heavy atom. The van der Waals surface area contributed by atoms with Gasteiger partial charge in [0, 0.05) is 5.90 Å². The Labute approximate surface area is 138 Å². The topological polar surface area (TPSA) is 0 Å². The van der Waals surface area contributed by atoms with Crippen molar-refractivity contribution in [3.63, 3.8) is 0 Å². The Kier molecular flexibility index (Phi) is 8.82. The Morgan fingerprint density at radius 1 is 0.684 bits per heavy atom. The standard InChI is InChI=1S/C15H28Br2P2/c16-18(11-9-14-5-1-2-6-14)13-19(17)12-10-15-7-3-4-8-15/h14-15H,1-13H2. The molecule has 0 spiro atoms. The van der Waals surface area contributed by atoms with E-state index in [0.717, 1.165) is 11.8 Å². The molecule has 2 aliphatic rings. The molecule has 4 heteroatoms. The molecule has 19 heavy (non-hydrogen) atoms. The van der Waals surface area contributed by atoms with Gasteiger partial charge in [0.05, 0.1) is 0 Å². The van der Waals surface area contributed by atoms with E-state index in [1.807, 2.05) is 0 Å². The van der Waals surface area contributed by atoms with E-state index in [1.165, 1.54) is 82.4 Å². The van der Waals surface area contributed by atoms with Crippen LogP contribution in [0.1, 0.15) is 64.2 Å². The summed E-state index contributed by atoms with van der Waals surface area (Å²) in [6, 6.07) is 0. The summed E-state index contributed by atoms with van der Waals surface area (Å²) in [7, 11) is 0. The third-order valence-electron chi connectivity index (χ3n) is 4.82. The van der Waals surface area contributed by atoms with E-state index in [9.17, 15) is 0 Å². The molecule has 0 aromatic carbocycles. The molecule has 2 rings (SSSR count). The molecule has 0 aliphatic heterocycles. The van der Waals surface area contributed by atoms with Crippen LogP contribution in [0.25, 0.3) is 0 Å². The molecule has 2 aliphatic carbocycles. The molecular formula is C15H28Br2P2. The summed E-state index contributed by atoms with van der Waals surface area (Å²) >= 11 is 7.98. The fourth-order valence-electron chi connectivity index (χ4n) is 3.55. The predicted molar refractivity (Wildman–Crippen MR) is 99.4 cm³/mol. The minimum atomic E-state index is 0.135. The maximum Gasteiger partial charge on any atom is 0.00764 e. The van der Waals surface area contributed by atoms with Crippen LogP contribution in [-0.2, 0) is 0 Å². The van der Waals surface area contributed by atoms with Crippen molar-refractivity contribution in [2.24, 2.45) is 11.8 Å². The summed E-state index contributed by atoms with van der Waals surface area (Å²) in [6.07, 6.45) is 18.0. The average Bonchev–Trinajstić information content (AvgIpc) is 3.07. The minimum Gasteiger partial charge on any atom is -0.0601 e. The molecule has 0 nitrogen and oxygen atoms in total. The molecule has 2 unspecified atom stereocenters. The summed E-state index contributed by atoms with van der Waals surface area (Å²) in [4.78, 5) is 0. The van der Waals surface area contributed by atoms with Crippen molar-refractivity contribution in [2.75, 3.05) is 18.2 Å². The molecular weight excluding hydrogens is 402 g/mol. The maximum atomic E-state index is 3.99. The van der Waals surface area contributed by atoms with Gasteiger partial charge in [-0.2, -0.15) is 0 Å². The van der Waals surface area contributed by atoms with Crippen LogP contribution in [-0.4, -0.2) is 18.2 Å². The summed E-state index contributed by atoms with van der Waals surface area (Å²) in [5.74, 6) is 3.59. The number of hydrogen-bond acceptors (Lipinski definition) is 0. The zero-order valence-corrected chi connectivity index (χ0v) is 17.0. The van der Waals surface area contributed by atoms with Crippen molar-refractivity contribution in [1.82, 2.24) is 0 Å². The van der Waals surface area contributed by atoms with Gasteiger partial charge < -0.3 is 0 Å². The van der Waals surface area contributed by atoms with Gasteiger partial charge in [-0.05, 0) is 50.2 Å². The Hall–Kier alpha value is 1.82. The number of halogens is 2. The van der Waals surface area contributed by atoms with Crippen LogP contribution in [0.4, 0.5) is 0 Å². The van der Waals surface area contributed by atoms with Crippen molar-refractivity contribution in [3.05, 3.63) is 0 Å². The van der Waals surface area contributed by atoms with E-state index in [4.69, 9.17) is 0 Å². The summed E-state index contributed by atoms with van der Waals surface area (Å²) in [5, 5.41) is 0. The molecule has 0 amide bonds. The molecule has 0 N–H and O–H groups in total. The molecule has 0 heterocycles. The zero-order chi connectivity index (χ0) is 13.5. The largest absolute Gasteiger partial charge is 0.0601 e. The van der Waals surface area contributed by atoms with Gasteiger partial charge in [-0.1, -0.05) is 82.3 Å². The van der Waals surface area contributed by atoms with Crippen LogP contribution in [0.5, 0.6) is 0 Å². The van der Waals surface area contributed by atoms with Crippen LogP contribution < -0.4 is 0 Å². The Morgan fingerprint density at radius 2 is 1.05 bits per heavy atom. The highest BCUT2D eigenvalue weighted by atomic mass is 79.9. The summed E-state index contributed by atoms with van der Waals surface area (Å²) in [6.45, 7) is 0.269. The van der Waals surface area contributed by atoms with Crippen LogP contribution >= 0.6 is 44.2 Å². The predicted octanol–water partition coefficient (Wildman–Crippen LogP) is 7.69. The molecule has 0 aromatic heterocycles. The highest BCUT2D eigenvalue weighted by molar-refractivity contribution is 9.42. The lowest BCUT2D eigenvalue weighted by Gasteiger charge is -2.18. The molecule has 0 radical (unpaired) electrons. The van der Waals surface area contributed by atoms with Gasteiger partial charge in [0.2, 0.25) is 0 Å². The first kappa shape index (κ1) is 17.2. The molecule has 0 aromatic rings. The van der Waals surface area contributed by atoms with Gasteiger partial charge >= 0.3 is 0 Å². The lowest BCUT2D eigenvalue weighted by molar-refractivity contribution is 0.534. The summed E-state index contributed by atoms with van der Waals surface area (Å²) in [5.41, 5.74) is 0. The lowest BCUT2D eigenvalue weighted by atomic mass is 10.1. The van der Waals surface area contributed by atoms with Gasteiger partial charge in [0.15, 0.2) is 0 Å². The number of rotatable bonds is 8. The van der Waals surface area contributed by atoms with Crippen molar-refractivity contribution in [3.8, 4) is 0 Å². The Bertz CT molecular complexity index is 214. The zero-order valence-electron chi connectivity index (χ0n) is 12.0. The van der Waals surface area contributed by atoms with E-state index in [-0.39, 0.29) is 13.2 Å². The van der Waals surface area contributed by atoms with Crippen molar-refractivity contribution >= 4 is 44.2 Å². The second-order valence-corrected chi connectivity index (χ2v) is 16.3.